The zero-order valence-corrected chi connectivity index (χ0v) is 12.5. The van der Waals surface area contributed by atoms with Gasteiger partial charge in [0.05, 0.1) is 11.1 Å². The SMILES string of the molecule is Cc1cc(C(F)(F)F)c2ccc3c(N(C)C)cccc3c2n1. The molecule has 5 heteroatoms. The summed E-state index contributed by atoms with van der Waals surface area (Å²) in [5, 5.41) is 1.77. The average molecular weight is 304 g/mol. The van der Waals surface area contributed by atoms with Gasteiger partial charge in [0.25, 0.3) is 0 Å². The van der Waals surface area contributed by atoms with Crippen molar-refractivity contribution in [3.8, 4) is 0 Å². The van der Waals surface area contributed by atoms with Crippen LogP contribution in [0.15, 0.2) is 36.4 Å². The first-order chi connectivity index (χ1) is 10.3. The predicted molar refractivity (Wildman–Crippen MR) is 83.3 cm³/mol. The minimum atomic E-state index is -4.39. The van der Waals surface area contributed by atoms with Crippen LogP contribution in [0.3, 0.4) is 0 Å². The molecule has 0 fully saturated rings. The number of pyridine rings is 1. The molecule has 0 radical (unpaired) electrons. The molecule has 0 aliphatic carbocycles. The van der Waals surface area contributed by atoms with E-state index in [-0.39, 0.29) is 5.39 Å². The molecule has 1 heterocycles. The Bertz CT molecular complexity index is 867. The summed E-state index contributed by atoms with van der Waals surface area (Å²) in [5.74, 6) is 0. The minimum absolute atomic E-state index is 0.140. The van der Waals surface area contributed by atoms with Gasteiger partial charge in [-0.05, 0) is 19.1 Å². The van der Waals surface area contributed by atoms with Gasteiger partial charge in [-0.25, -0.2) is 0 Å². The first-order valence-corrected chi connectivity index (χ1v) is 6.86. The maximum Gasteiger partial charge on any atom is 0.417 e. The number of hydrogen-bond acceptors (Lipinski definition) is 2. The van der Waals surface area contributed by atoms with E-state index >= 15 is 0 Å². The fourth-order valence-electron chi connectivity index (χ4n) is 2.78. The highest BCUT2D eigenvalue weighted by atomic mass is 19.4. The van der Waals surface area contributed by atoms with E-state index in [4.69, 9.17) is 0 Å². The van der Waals surface area contributed by atoms with Crippen molar-refractivity contribution in [1.29, 1.82) is 0 Å². The third-order valence-corrected chi connectivity index (χ3v) is 3.73. The quantitative estimate of drug-likeness (QED) is 0.601. The highest BCUT2D eigenvalue weighted by molar-refractivity contribution is 6.10. The summed E-state index contributed by atoms with van der Waals surface area (Å²) < 4.78 is 39.8. The van der Waals surface area contributed by atoms with E-state index in [0.29, 0.717) is 11.2 Å². The standard InChI is InChI=1S/C17H15F3N2/c1-10-9-14(17(18,19)20)13-8-7-11-12(16(13)21-10)5-4-6-15(11)22(2)3/h4-9H,1-3H3. The molecule has 1 aromatic heterocycles. The highest BCUT2D eigenvalue weighted by Crippen LogP contribution is 2.38. The largest absolute Gasteiger partial charge is 0.417 e. The number of fused-ring (bicyclic) bond motifs is 3. The molecule has 0 atom stereocenters. The Morgan fingerprint density at radius 1 is 0.955 bits per heavy atom. The summed E-state index contributed by atoms with van der Waals surface area (Å²) in [4.78, 5) is 6.30. The summed E-state index contributed by atoms with van der Waals surface area (Å²) in [6, 6.07) is 9.95. The molecule has 0 amide bonds. The Kier molecular flexibility index (Phi) is 3.24. The Morgan fingerprint density at radius 2 is 1.64 bits per heavy atom. The van der Waals surface area contributed by atoms with Crippen molar-refractivity contribution in [3.63, 3.8) is 0 Å². The summed E-state index contributed by atoms with van der Waals surface area (Å²) in [7, 11) is 3.81. The van der Waals surface area contributed by atoms with Gasteiger partial charge >= 0.3 is 6.18 Å². The van der Waals surface area contributed by atoms with E-state index in [1.807, 2.05) is 37.2 Å². The Labute approximate surface area is 126 Å². The lowest BCUT2D eigenvalue weighted by Crippen LogP contribution is -2.10. The molecule has 0 bridgehead atoms. The molecule has 0 unspecified atom stereocenters. The highest BCUT2D eigenvalue weighted by Gasteiger charge is 2.33. The summed E-state index contributed by atoms with van der Waals surface area (Å²) in [6.07, 6.45) is -4.39. The van der Waals surface area contributed by atoms with Crippen LogP contribution in [0.4, 0.5) is 18.9 Å². The lowest BCUT2D eigenvalue weighted by molar-refractivity contribution is -0.136. The molecular formula is C17H15F3N2. The summed E-state index contributed by atoms with van der Waals surface area (Å²) in [5.41, 5.74) is 1.08. The topological polar surface area (TPSA) is 16.1 Å². The number of rotatable bonds is 1. The molecule has 2 nitrogen and oxygen atoms in total. The summed E-state index contributed by atoms with van der Waals surface area (Å²) in [6.45, 7) is 1.59. The van der Waals surface area contributed by atoms with Crippen molar-refractivity contribution in [1.82, 2.24) is 4.98 Å². The van der Waals surface area contributed by atoms with E-state index in [1.165, 1.54) is 6.07 Å². The third kappa shape index (κ3) is 2.26. The molecule has 2 aromatic carbocycles. The number of hydrogen-bond donors (Lipinski definition) is 0. The third-order valence-electron chi connectivity index (χ3n) is 3.73. The second-order valence-electron chi connectivity index (χ2n) is 5.54. The van der Waals surface area contributed by atoms with Crippen LogP contribution in [0.25, 0.3) is 21.7 Å². The number of benzene rings is 2. The van der Waals surface area contributed by atoms with Crippen molar-refractivity contribution in [3.05, 3.63) is 47.7 Å². The van der Waals surface area contributed by atoms with Gasteiger partial charge in [0, 0.05) is 41.6 Å². The van der Waals surface area contributed by atoms with Crippen LogP contribution < -0.4 is 4.90 Å². The molecule has 3 aromatic rings. The molecular weight excluding hydrogens is 289 g/mol. The van der Waals surface area contributed by atoms with Gasteiger partial charge in [-0.15, -0.1) is 0 Å². The fraction of sp³-hybridized carbons (Fsp3) is 0.235. The molecule has 114 valence electrons. The maximum absolute atomic E-state index is 13.3. The van der Waals surface area contributed by atoms with E-state index in [0.717, 1.165) is 22.5 Å². The zero-order valence-electron chi connectivity index (χ0n) is 12.5. The van der Waals surface area contributed by atoms with Crippen LogP contribution in [-0.4, -0.2) is 19.1 Å². The average Bonchev–Trinajstić information content (AvgIpc) is 2.44. The van der Waals surface area contributed by atoms with Crippen LogP contribution in [0.5, 0.6) is 0 Å². The zero-order chi connectivity index (χ0) is 16.1. The van der Waals surface area contributed by atoms with Crippen LogP contribution in [-0.2, 0) is 6.18 Å². The number of aromatic nitrogens is 1. The van der Waals surface area contributed by atoms with Crippen LogP contribution >= 0.6 is 0 Å². The van der Waals surface area contributed by atoms with Gasteiger partial charge in [0.15, 0.2) is 0 Å². The van der Waals surface area contributed by atoms with Crippen LogP contribution in [0.2, 0.25) is 0 Å². The minimum Gasteiger partial charge on any atom is -0.377 e. The first kappa shape index (κ1) is 14.6. The van der Waals surface area contributed by atoms with Gasteiger partial charge in [0.1, 0.15) is 0 Å². The Morgan fingerprint density at radius 3 is 2.27 bits per heavy atom. The Hall–Kier alpha value is -2.30. The summed E-state index contributed by atoms with van der Waals surface area (Å²) >= 11 is 0. The predicted octanol–water partition coefficient (Wildman–Crippen LogP) is 4.78. The number of halogens is 3. The lowest BCUT2D eigenvalue weighted by Gasteiger charge is -2.17. The molecule has 0 saturated heterocycles. The number of nitrogens with zero attached hydrogens (tertiary/aromatic N) is 2. The second kappa shape index (κ2) is 4.87. The molecule has 0 aliphatic heterocycles. The van der Waals surface area contributed by atoms with E-state index in [9.17, 15) is 13.2 Å². The van der Waals surface area contributed by atoms with Crippen molar-refractivity contribution < 1.29 is 13.2 Å². The molecule has 0 aliphatic rings. The van der Waals surface area contributed by atoms with Crippen molar-refractivity contribution in [2.75, 3.05) is 19.0 Å². The molecule has 3 rings (SSSR count). The van der Waals surface area contributed by atoms with Gasteiger partial charge in [0.2, 0.25) is 0 Å². The van der Waals surface area contributed by atoms with E-state index in [2.05, 4.69) is 4.98 Å². The fourth-order valence-corrected chi connectivity index (χ4v) is 2.78. The molecule has 0 saturated carbocycles. The van der Waals surface area contributed by atoms with E-state index in [1.54, 1.807) is 13.0 Å². The van der Waals surface area contributed by atoms with Gasteiger partial charge < -0.3 is 4.90 Å². The Balaban J connectivity index is 2.48. The van der Waals surface area contributed by atoms with Crippen LogP contribution in [0, 0.1) is 6.92 Å². The van der Waals surface area contributed by atoms with Crippen molar-refractivity contribution in [2.24, 2.45) is 0 Å². The normalized spacial score (nSPS) is 12.1. The smallest absolute Gasteiger partial charge is 0.377 e. The second-order valence-corrected chi connectivity index (χ2v) is 5.54. The van der Waals surface area contributed by atoms with Crippen molar-refractivity contribution in [2.45, 2.75) is 13.1 Å². The van der Waals surface area contributed by atoms with Gasteiger partial charge in [-0.2, -0.15) is 13.2 Å². The van der Waals surface area contributed by atoms with Crippen molar-refractivity contribution >= 4 is 27.4 Å². The molecule has 0 spiro atoms. The number of alkyl halides is 3. The number of aryl methyl sites for hydroxylation is 1. The molecule has 0 N–H and O–H groups in total. The number of anilines is 1. The molecule has 22 heavy (non-hydrogen) atoms. The van der Waals surface area contributed by atoms with Gasteiger partial charge in [-0.3, -0.25) is 4.98 Å². The maximum atomic E-state index is 13.3. The lowest BCUT2D eigenvalue weighted by atomic mass is 10.0. The van der Waals surface area contributed by atoms with Gasteiger partial charge in [-0.1, -0.05) is 24.3 Å². The van der Waals surface area contributed by atoms with Crippen LogP contribution in [0.1, 0.15) is 11.3 Å². The monoisotopic (exact) mass is 304 g/mol. The van der Waals surface area contributed by atoms with E-state index < -0.39 is 11.7 Å². The first-order valence-electron chi connectivity index (χ1n) is 6.86.